The molecule has 0 aliphatic carbocycles. The number of pyridine rings is 1. The molecule has 0 aliphatic heterocycles. The maximum absolute atomic E-state index is 6.60. The first-order chi connectivity index (χ1) is 24.3. The Labute approximate surface area is 281 Å². The van der Waals surface area contributed by atoms with E-state index in [1.165, 1.54) is 10.8 Å². The van der Waals surface area contributed by atoms with Crippen molar-refractivity contribution in [3.8, 4) is 45.4 Å². The van der Waals surface area contributed by atoms with Crippen molar-refractivity contribution in [3.63, 3.8) is 0 Å². The molecular weight excluding hydrogens is 601 g/mol. The molecule has 0 spiro atoms. The first-order valence-electron chi connectivity index (χ1n) is 16.3. The Morgan fingerprint density at radius 1 is 0.388 bits per heavy atom. The van der Waals surface area contributed by atoms with Crippen molar-refractivity contribution >= 4 is 54.4 Å². The van der Waals surface area contributed by atoms with Gasteiger partial charge in [-0.25, -0.2) is 19.9 Å². The van der Waals surface area contributed by atoms with Crippen molar-refractivity contribution in [2.75, 3.05) is 0 Å². The summed E-state index contributed by atoms with van der Waals surface area (Å²) in [5.41, 5.74) is 7.07. The predicted octanol–water partition coefficient (Wildman–Crippen LogP) is 11.3. The fraction of sp³-hybridized carbons (Fsp3) is 0. The molecule has 5 heteroatoms. The van der Waals surface area contributed by atoms with E-state index in [9.17, 15) is 0 Å². The van der Waals surface area contributed by atoms with Gasteiger partial charge in [-0.1, -0.05) is 127 Å². The van der Waals surface area contributed by atoms with Crippen LogP contribution < -0.4 is 0 Å². The molecule has 7 aromatic carbocycles. The molecule has 10 aromatic rings. The quantitative estimate of drug-likeness (QED) is 0.182. The standard InChI is InChI=1S/C44H26N4O/c1-3-13-27(14-4-1)40-41-39(34-21-11-12-22-37(34)45-40)36-26-30(23-24-38(36)49-41)43-46-42(28-15-5-2-6-16-28)47-44(48-43)35-25-29-17-7-8-18-31(29)32-19-9-10-20-33(32)35/h1-26H. The van der Waals surface area contributed by atoms with Crippen molar-refractivity contribution in [1.82, 2.24) is 19.9 Å². The summed E-state index contributed by atoms with van der Waals surface area (Å²) in [6.07, 6.45) is 0. The average molecular weight is 627 g/mol. The lowest BCUT2D eigenvalue weighted by Gasteiger charge is -2.12. The zero-order valence-corrected chi connectivity index (χ0v) is 26.2. The third-order valence-corrected chi connectivity index (χ3v) is 9.29. The van der Waals surface area contributed by atoms with Crippen molar-refractivity contribution in [3.05, 3.63) is 158 Å². The topological polar surface area (TPSA) is 64.7 Å². The van der Waals surface area contributed by atoms with Crippen LogP contribution in [0.2, 0.25) is 0 Å². The zero-order valence-electron chi connectivity index (χ0n) is 26.2. The van der Waals surface area contributed by atoms with E-state index in [1.54, 1.807) is 0 Å². The summed E-state index contributed by atoms with van der Waals surface area (Å²) in [6.45, 7) is 0. The van der Waals surface area contributed by atoms with Crippen LogP contribution in [0.3, 0.4) is 0 Å². The van der Waals surface area contributed by atoms with E-state index in [4.69, 9.17) is 24.4 Å². The Kier molecular flexibility index (Phi) is 6.11. The number of rotatable bonds is 4. The second-order valence-corrected chi connectivity index (χ2v) is 12.2. The van der Waals surface area contributed by atoms with E-state index in [-0.39, 0.29) is 0 Å². The van der Waals surface area contributed by atoms with Gasteiger partial charge in [-0.3, -0.25) is 0 Å². The predicted molar refractivity (Wildman–Crippen MR) is 199 cm³/mol. The van der Waals surface area contributed by atoms with Crippen LogP contribution in [0, 0.1) is 0 Å². The van der Waals surface area contributed by atoms with Gasteiger partial charge in [0.15, 0.2) is 23.1 Å². The molecule has 0 N–H and O–H groups in total. The molecule has 0 atom stereocenters. The molecule has 49 heavy (non-hydrogen) atoms. The fourth-order valence-corrected chi connectivity index (χ4v) is 7.00. The second kappa shape index (κ2) is 10.9. The molecule has 3 heterocycles. The Morgan fingerprint density at radius 3 is 1.80 bits per heavy atom. The Balaban J connectivity index is 1.25. The number of fused-ring (bicyclic) bond motifs is 8. The summed E-state index contributed by atoms with van der Waals surface area (Å²) in [5.74, 6) is 1.85. The van der Waals surface area contributed by atoms with E-state index < -0.39 is 0 Å². The van der Waals surface area contributed by atoms with E-state index in [0.29, 0.717) is 17.5 Å². The van der Waals surface area contributed by atoms with Gasteiger partial charge in [0.05, 0.1) is 5.52 Å². The van der Waals surface area contributed by atoms with Crippen LogP contribution in [-0.4, -0.2) is 19.9 Å². The smallest absolute Gasteiger partial charge is 0.164 e. The van der Waals surface area contributed by atoms with Gasteiger partial charge in [0.25, 0.3) is 0 Å². The molecule has 228 valence electrons. The molecule has 0 unspecified atom stereocenters. The SMILES string of the molecule is c1ccc(-c2nc(-c3ccc4oc5c(-c6ccccc6)nc6ccccc6c5c4c3)nc(-c3cc4ccccc4c4ccccc34)n2)cc1. The number of nitrogens with zero attached hydrogens (tertiary/aromatic N) is 4. The van der Waals surface area contributed by atoms with Crippen LogP contribution in [0.1, 0.15) is 0 Å². The maximum Gasteiger partial charge on any atom is 0.164 e. The number of para-hydroxylation sites is 1. The van der Waals surface area contributed by atoms with Crippen molar-refractivity contribution in [1.29, 1.82) is 0 Å². The highest BCUT2D eigenvalue weighted by atomic mass is 16.3. The summed E-state index contributed by atoms with van der Waals surface area (Å²) in [7, 11) is 0. The molecule has 0 fully saturated rings. The molecule has 0 bridgehead atoms. The summed E-state index contributed by atoms with van der Waals surface area (Å²) >= 11 is 0. The van der Waals surface area contributed by atoms with Crippen molar-refractivity contribution < 1.29 is 4.42 Å². The van der Waals surface area contributed by atoms with Gasteiger partial charge in [-0.15, -0.1) is 0 Å². The number of hydrogen-bond donors (Lipinski definition) is 0. The second-order valence-electron chi connectivity index (χ2n) is 12.2. The Bertz CT molecular complexity index is 2880. The summed E-state index contributed by atoms with van der Waals surface area (Å²) in [4.78, 5) is 20.4. The van der Waals surface area contributed by atoms with Gasteiger partial charge in [0.2, 0.25) is 0 Å². The normalized spacial score (nSPS) is 11.7. The van der Waals surface area contributed by atoms with Crippen LogP contribution in [0.5, 0.6) is 0 Å². The zero-order chi connectivity index (χ0) is 32.3. The van der Waals surface area contributed by atoms with Crippen LogP contribution in [0.25, 0.3) is 99.8 Å². The van der Waals surface area contributed by atoms with Crippen molar-refractivity contribution in [2.24, 2.45) is 0 Å². The number of aromatic nitrogens is 4. The molecule has 0 saturated heterocycles. The van der Waals surface area contributed by atoms with Crippen LogP contribution in [0.15, 0.2) is 162 Å². The Morgan fingerprint density at radius 2 is 1.00 bits per heavy atom. The van der Waals surface area contributed by atoms with Gasteiger partial charge >= 0.3 is 0 Å². The van der Waals surface area contributed by atoms with Gasteiger partial charge in [-0.2, -0.15) is 0 Å². The van der Waals surface area contributed by atoms with Gasteiger partial charge in [0, 0.05) is 38.4 Å². The molecule has 0 radical (unpaired) electrons. The van der Waals surface area contributed by atoms with Gasteiger partial charge in [-0.05, 0) is 51.9 Å². The largest absolute Gasteiger partial charge is 0.454 e. The highest BCUT2D eigenvalue weighted by Crippen LogP contribution is 2.41. The summed E-state index contributed by atoms with van der Waals surface area (Å²) in [6, 6.07) is 53.9. The first kappa shape index (κ1) is 27.4. The highest BCUT2D eigenvalue weighted by Gasteiger charge is 2.20. The lowest BCUT2D eigenvalue weighted by Crippen LogP contribution is -2.00. The minimum atomic E-state index is 0.596. The number of furan rings is 1. The third-order valence-electron chi connectivity index (χ3n) is 9.29. The number of benzene rings is 7. The maximum atomic E-state index is 6.60. The Hall–Kier alpha value is -6.72. The van der Waals surface area contributed by atoms with Crippen LogP contribution in [-0.2, 0) is 0 Å². The van der Waals surface area contributed by atoms with E-state index in [1.807, 2.05) is 72.8 Å². The van der Waals surface area contributed by atoms with Gasteiger partial charge in [0.1, 0.15) is 11.3 Å². The molecule has 0 amide bonds. The minimum absolute atomic E-state index is 0.596. The molecular formula is C44H26N4O. The molecule has 0 aliphatic rings. The summed E-state index contributed by atoms with van der Waals surface area (Å²) in [5, 5.41) is 7.66. The molecule has 0 saturated carbocycles. The monoisotopic (exact) mass is 626 g/mol. The minimum Gasteiger partial charge on any atom is -0.454 e. The van der Waals surface area contributed by atoms with E-state index >= 15 is 0 Å². The van der Waals surface area contributed by atoms with Crippen LogP contribution >= 0.6 is 0 Å². The van der Waals surface area contributed by atoms with Gasteiger partial charge < -0.3 is 4.42 Å². The van der Waals surface area contributed by atoms with Crippen molar-refractivity contribution in [2.45, 2.75) is 0 Å². The first-order valence-corrected chi connectivity index (χ1v) is 16.3. The van der Waals surface area contributed by atoms with E-state index in [2.05, 4.69) is 84.9 Å². The summed E-state index contributed by atoms with van der Waals surface area (Å²) < 4.78 is 6.60. The lowest BCUT2D eigenvalue weighted by atomic mass is 9.97. The average Bonchev–Trinajstić information content (AvgIpc) is 3.57. The fourth-order valence-electron chi connectivity index (χ4n) is 7.00. The highest BCUT2D eigenvalue weighted by molar-refractivity contribution is 6.21. The molecule has 3 aromatic heterocycles. The number of hydrogen-bond acceptors (Lipinski definition) is 5. The lowest BCUT2D eigenvalue weighted by molar-refractivity contribution is 0.669. The molecule has 10 rings (SSSR count). The van der Waals surface area contributed by atoms with Crippen LogP contribution in [0.4, 0.5) is 0 Å². The van der Waals surface area contributed by atoms with E-state index in [0.717, 1.165) is 71.6 Å². The third kappa shape index (κ3) is 4.48. The molecule has 5 nitrogen and oxygen atoms in total.